The Morgan fingerprint density at radius 1 is 1.50 bits per heavy atom. The molecule has 0 spiro atoms. The molecule has 0 aliphatic heterocycles. The Labute approximate surface area is 95.1 Å². The molecule has 1 amide bonds. The van der Waals surface area contributed by atoms with E-state index >= 15 is 0 Å². The van der Waals surface area contributed by atoms with E-state index in [1.807, 2.05) is 0 Å². The summed E-state index contributed by atoms with van der Waals surface area (Å²) in [4.78, 5) is 22.1. The molecule has 2 atom stereocenters. The Balaban J connectivity index is 3.91. The summed E-state index contributed by atoms with van der Waals surface area (Å²) < 4.78 is 4.69. The molecule has 6 nitrogen and oxygen atoms in total. The Bertz CT molecular complexity index is 233. The predicted octanol–water partition coefficient (Wildman–Crippen LogP) is -0.423. The fourth-order valence-electron chi connectivity index (χ4n) is 1.19. The van der Waals surface area contributed by atoms with Crippen LogP contribution in [0, 0.1) is 5.92 Å². The summed E-state index contributed by atoms with van der Waals surface area (Å²) in [5.41, 5.74) is 5.33. The Kier molecular flexibility index (Phi) is 7.49. The molecule has 0 aromatic rings. The van der Waals surface area contributed by atoms with Gasteiger partial charge in [-0.2, -0.15) is 0 Å². The van der Waals surface area contributed by atoms with Gasteiger partial charge in [0.25, 0.3) is 0 Å². The van der Waals surface area contributed by atoms with Gasteiger partial charge in [0.2, 0.25) is 5.91 Å². The van der Waals surface area contributed by atoms with E-state index in [0.717, 1.165) is 6.42 Å². The van der Waals surface area contributed by atoms with E-state index < -0.39 is 12.1 Å². The van der Waals surface area contributed by atoms with Crippen LogP contribution in [0.4, 0.5) is 0 Å². The van der Waals surface area contributed by atoms with Gasteiger partial charge in [-0.05, 0) is 19.4 Å². The zero-order chi connectivity index (χ0) is 12.6. The molecule has 0 aliphatic carbocycles. The molecule has 6 heteroatoms. The molecule has 0 radical (unpaired) electrons. The maximum absolute atomic E-state index is 11.5. The van der Waals surface area contributed by atoms with E-state index in [-0.39, 0.29) is 18.4 Å². The van der Waals surface area contributed by atoms with Gasteiger partial charge in [-0.15, -0.1) is 0 Å². The molecule has 0 aliphatic rings. The molecule has 0 heterocycles. The normalized spacial score (nSPS) is 14.2. The first-order chi connectivity index (χ1) is 7.52. The van der Waals surface area contributed by atoms with Crippen LogP contribution in [-0.2, 0) is 14.3 Å². The van der Waals surface area contributed by atoms with Crippen LogP contribution in [0.5, 0.6) is 0 Å². The average Bonchev–Trinajstić information content (AvgIpc) is 2.25. The van der Waals surface area contributed by atoms with Gasteiger partial charge >= 0.3 is 5.97 Å². The van der Waals surface area contributed by atoms with E-state index in [2.05, 4.69) is 10.1 Å². The van der Waals surface area contributed by atoms with Crippen LogP contribution in [0.15, 0.2) is 0 Å². The molecule has 0 rings (SSSR count). The number of carbonyl (C=O) groups is 2. The SMILES string of the molecule is COC(CNC(=O)C(C)CCCN)C(=O)O. The van der Waals surface area contributed by atoms with Crippen molar-refractivity contribution in [3.63, 3.8) is 0 Å². The molecule has 2 unspecified atom stereocenters. The van der Waals surface area contributed by atoms with Crippen molar-refractivity contribution in [2.24, 2.45) is 11.7 Å². The number of hydrogen-bond donors (Lipinski definition) is 3. The summed E-state index contributed by atoms with van der Waals surface area (Å²) in [6.07, 6.45) is 0.486. The van der Waals surface area contributed by atoms with E-state index in [9.17, 15) is 9.59 Å². The summed E-state index contributed by atoms with van der Waals surface area (Å²) >= 11 is 0. The molecule has 0 saturated heterocycles. The number of hydrogen-bond acceptors (Lipinski definition) is 4. The average molecular weight is 232 g/mol. The molecule has 16 heavy (non-hydrogen) atoms. The first-order valence-corrected chi connectivity index (χ1v) is 5.26. The number of methoxy groups -OCH3 is 1. The van der Waals surface area contributed by atoms with Crippen LogP contribution in [0.1, 0.15) is 19.8 Å². The van der Waals surface area contributed by atoms with Gasteiger partial charge in [0.1, 0.15) is 0 Å². The predicted molar refractivity (Wildman–Crippen MR) is 58.9 cm³/mol. The van der Waals surface area contributed by atoms with Gasteiger partial charge in [-0.25, -0.2) is 4.79 Å². The number of carboxylic acids is 1. The van der Waals surface area contributed by atoms with E-state index in [4.69, 9.17) is 10.8 Å². The minimum absolute atomic E-state index is 0.0162. The van der Waals surface area contributed by atoms with Gasteiger partial charge in [-0.1, -0.05) is 6.92 Å². The van der Waals surface area contributed by atoms with Crippen molar-refractivity contribution in [2.75, 3.05) is 20.2 Å². The number of aliphatic carboxylic acids is 1. The van der Waals surface area contributed by atoms with Crippen LogP contribution in [0.3, 0.4) is 0 Å². The lowest BCUT2D eigenvalue weighted by Gasteiger charge is -2.14. The Morgan fingerprint density at radius 2 is 2.12 bits per heavy atom. The molecule has 0 bridgehead atoms. The smallest absolute Gasteiger partial charge is 0.334 e. The molecule has 4 N–H and O–H groups in total. The fourth-order valence-corrected chi connectivity index (χ4v) is 1.19. The molecule has 0 saturated carbocycles. The van der Waals surface area contributed by atoms with E-state index in [1.165, 1.54) is 7.11 Å². The van der Waals surface area contributed by atoms with Crippen LogP contribution in [0.25, 0.3) is 0 Å². The van der Waals surface area contributed by atoms with E-state index in [1.54, 1.807) is 6.92 Å². The molecule has 0 aromatic heterocycles. The third-order valence-electron chi connectivity index (χ3n) is 2.31. The van der Waals surface area contributed by atoms with Crippen molar-refractivity contribution >= 4 is 11.9 Å². The highest BCUT2D eigenvalue weighted by atomic mass is 16.5. The first-order valence-electron chi connectivity index (χ1n) is 5.26. The van der Waals surface area contributed by atoms with Crippen molar-refractivity contribution in [1.82, 2.24) is 5.32 Å². The number of rotatable bonds is 8. The van der Waals surface area contributed by atoms with Gasteiger partial charge < -0.3 is 20.9 Å². The number of nitrogens with two attached hydrogens (primary N) is 1. The number of amides is 1. The summed E-state index contributed by atoms with van der Waals surface area (Å²) in [5.74, 6) is -1.41. The lowest BCUT2D eigenvalue weighted by molar-refractivity contribution is -0.148. The largest absolute Gasteiger partial charge is 0.479 e. The molecule has 94 valence electrons. The second-order valence-corrected chi connectivity index (χ2v) is 3.64. The van der Waals surface area contributed by atoms with Crippen molar-refractivity contribution in [3.05, 3.63) is 0 Å². The third kappa shape index (κ3) is 5.67. The monoisotopic (exact) mass is 232 g/mol. The highest BCUT2D eigenvalue weighted by Gasteiger charge is 2.19. The number of carbonyl (C=O) groups excluding carboxylic acids is 1. The van der Waals surface area contributed by atoms with Crippen LogP contribution >= 0.6 is 0 Å². The minimum atomic E-state index is -1.09. The maximum Gasteiger partial charge on any atom is 0.334 e. The highest BCUT2D eigenvalue weighted by molar-refractivity contribution is 5.79. The van der Waals surface area contributed by atoms with Crippen LogP contribution < -0.4 is 11.1 Å². The Morgan fingerprint density at radius 3 is 2.56 bits per heavy atom. The Hall–Kier alpha value is -1.14. The molecule has 0 aromatic carbocycles. The van der Waals surface area contributed by atoms with E-state index in [0.29, 0.717) is 13.0 Å². The fraction of sp³-hybridized carbons (Fsp3) is 0.800. The summed E-state index contributed by atoms with van der Waals surface area (Å²) in [6.45, 7) is 2.32. The number of carboxylic acid groups (broad SMARTS) is 1. The van der Waals surface area contributed by atoms with Gasteiger partial charge in [-0.3, -0.25) is 4.79 Å². The van der Waals surface area contributed by atoms with Crippen molar-refractivity contribution < 1.29 is 19.4 Å². The lowest BCUT2D eigenvalue weighted by atomic mass is 10.0. The summed E-state index contributed by atoms with van der Waals surface area (Å²) in [7, 11) is 1.29. The summed E-state index contributed by atoms with van der Waals surface area (Å²) in [6, 6.07) is 0. The second kappa shape index (κ2) is 8.06. The topological polar surface area (TPSA) is 102 Å². The minimum Gasteiger partial charge on any atom is -0.479 e. The second-order valence-electron chi connectivity index (χ2n) is 3.64. The zero-order valence-corrected chi connectivity index (χ0v) is 9.73. The van der Waals surface area contributed by atoms with Crippen molar-refractivity contribution in [3.8, 4) is 0 Å². The maximum atomic E-state index is 11.5. The van der Waals surface area contributed by atoms with Crippen LogP contribution in [-0.4, -0.2) is 43.3 Å². The van der Waals surface area contributed by atoms with Gasteiger partial charge in [0.15, 0.2) is 6.10 Å². The number of ether oxygens (including phenoxy) is 1. The standard InChI is InChI=1S/C10H20N2O4/c1-7(4-3-5-11)9(13)12-6-8(16-2)10(14)15/h7-8H,3-6,11H2,1-2H3,(H,12,13)(H,14,15). The number of nitrogens with one attached hydrogen (secondary N) is 1. The van der Waals surface area contributed by atoms with Crippen molar-refractivity contribution in [1.29, 1.82) is 0 Å². The van der Waals surface area contributed by atoms with Crippen molar-refractivity contribution in [2.45, 2.75) is 25.9 Å². The third-order valence-corrected chi connectivity index (χ3v) is 2.31. The molecular formula is C10H20N2O4. The first kappa shape index (κ1) is 14.9. The quantitative estimate of drug-likeness (QED) is 0.527. The van der Waals surface area contributed by atoms with Crippen LogP contribution in [0.2, 0.25) is 0 Å². The van der Waals surface area contributed by atoms with Gasteiger partial charge in [0, 0.05) is 13.0 Å². The van der Waals surface area contributed by atoms with Gasteiger partial charge in [0.05, 0.1) is 6.54 Å². The summed E-state index contributed by atoms with van der Waals surface area (Å²) in [5, 5.41) is 11.2. The lowest BCUT2D eigenvalue weighted by Crippen LogP contribution is -2.40. The zero-order valence-electron chi connectivity index (χ0n) is 9.73. The molecule has 0 fully saturated rings. The molecular weight excluding hydrogens is 212 g/mol. The highest BCUT2D eigenvalue weighted by Crippen LogP contribution is 2.04.